The summed E-state index contributed by atoms with van der Waals surface area (Å²) in [6.45, 7) is 3.67. The molecule has 0 unspecified atom stereocenters. The van der Waals surface area contributed by atoms with Gasteiger partial charge >= 0.3 is 0 Å². The van der Waals surface area contributed by atoms with Crippen molar-refractivity contribution in [3.8, 4) is 5.75 Å². The summed E-state index contributed by atoms with van der Waals surface area (Å²) in [6, 6.07) is 8.40. The number of aromatic nitrogens is 1. The van der Waals surface area contributed by atoms with Crippen molar-refractivity contribution in [1.29, 1.82) is 0 Å². The van der Waals surface area contributed by atoms with Crippen molar-refractivity contribution in [2.45, 2.75) is 13.8 Å². The van der Waals surface area contributed by atoms with E-state index in [9.17, 15) is 9.90 Å². The number of nitrogens with one attached hydrogen (secondary N) is 1. The average Bonchev–Trinajstić information content (AvgIpc) is 2.34. The van der Waals surface area contributed by atoms with E-state index in [0.29, 0.717) is 11.4 Å². The maximum Gasteiger partial charge on any atom is 0.274 e. The Kier molecular flexibility index (Phi) is 3.28. The smallest absolute Gasteiger partial charge is 0.274 e. The summed E-state index contributed by atoms with van der Waals surface area (Å²) >= 11 is 0. The Morgan fingerprint density at radius 2 is 1.89 bits per heavy atom. The molecule has 0 saturated heterocycles. The predicted molar refractivity (Wildman–Crippen MR) is 69.8 cm³/mol. The van der Waals surface area contributed by atoms with Crippen LogP contribution >= 0.6 is 0 Å². The van der Waals surface area contributed by atoms with Crippen molar-refractivity contribution >= 4 is 11.6 Å². The molecule has 92 valence electrons. The lowest BCUT2D eigenvalue weighted by Crippen LogP contribution is -2.15. The van der Waals surface area contributed by atoms with E-state index in [1.54, 1.807) is 36.5 Å². The van der Waals surface area contributed by atoms with Crippen molar-refractivity contribution in [3.63, 3.8) is 0 Å². The van der Waals surface area contributed by atoms with Gasteiger partial charge in [-0.25, -0.2) is 0 Å². The van der Waals surface area contributed by atoms with Crippen LogP contribution in [0.15, 0.2) is 36.5 Å². The fourth-order valence-electron chi connectivity index (χ4n) is 1.81. The third-order valence-electron chi connectivity index (χ3n) is 2.65. The molecule has 2 aromatic rings. The van der Waals surface area contributed by atoms with E-state index >= 15 is 0 Å². The van der Waals surface area contributed by atoms with Gasteiger partial charge < -0.3 is 10.4 Å². The molecule has 1 heterocycles. The molecule has 4 nitrogen and oxygen atoms in total. The lowest BCUT2D eigenvalue weighted by molar-refractivity contribution is 0.102. The number of pyridine rings is 1. The summed E-state index contributed by atoms with van der Waals surface area (Å²) in [5.74, 6) is -0.0617. The number of benzene rings is 1. The van der Waals surface area contributed by atoms with E-state index in [1.807, 2.05) is 13.8 Å². The van der Waals surface area contributed by atoms with Gasteiger partial charge in [-0.1, -0.05) is 6.07 Å². The SMILES string of the molecule is Cc1cc(O)cc(C)c1NC(=O)c1ccccn1. The molecule has 18 heavy (non-hydrogen) atoms. The van der Waals surface area contributed by atoms with Crippen LogP contribution < -0.4 is 5.32 Å². The zero-order valence-corrected chi connectivity index (χ0v) is 10.3. The number of aromatic hydroxyl groups is 1. The number of aryl methyl sites for hydroxylation is 2. The minimum absolute atomic E-state index is 0.195. The van der Waals surface area contributed by atoms with Crippen LogP contribution in [0.5, 0.6) is 5.75 Å². The van der Waals surface area contributed by atoms with Crippen LogP contribution in [0.1, 0.15) is 21.6 Å². The fourth-order valence-corrected chi connectivity index (χ4v) is 1.81. The summed E-state index contributed by atoms with van der Waals surface area (Å²) in [5, 5.41) is 12.3. The molecule has 0 spiro atoms. The highest BCUT2D eigenvalue weighted by atomic mass is 16.3. The quantitative estimate of drug-likeness (QED) is 0.796. The number of nitrogens with zero attached hydrogens (tertiary/aromatic N) is 1. The van der Waals surface area contributed by atoms with E-state index in [1.165, 1.54) is 0 Å². The first-order valence-corrected chi connectivity index (χ1v) is 5.60. The van der Waals surface area contributed by atoms with Gasteiger partial charge in [0.2, 0.25) is 0 Å². The normalized spacial score (nSPS) is 10.1. The van der Waals surface area contributed by atoms with E-state index in [2.05, 4.69) is 10.3 Å². The number of hydrogen-bond donors (Lipinski definition) is 2. The molecule has 0 fully saturated rings. The minimum Gasteiger partial charge on any atom is -0.508 e. The van der Waals surface area contributed by atoms with Gasteiger partial charge in [0.25, 0.3) is 5.91 Å². The molecule has 0 radical (unpaired) electrons. The van der Waals surface area contributed by atoms with E-state index < -0.39 is 0 Å². The Morgan fingerprint density at radius 3 is 2.44 bits per heavy atom. The number of amides is 1. The van der Waals surface area contributed by atoms with E-state index in [0.717, 1.165) is 11.1 Å². The van der Waals surface area contributed by atoms with Crippen molar-refractivity contribution in [1.82, 2.24) is 4.98 Å². The van der Waals surface area contributed by atoms with Crippen LogP contribution in [0.2, 0.25) is 0 Å². The third kappa shape index (κ3) is 2.48. The zero-order chi connectivity index (χ0) is 13.1. The molecule has 2 N–H and O–H groups in total. The molecule has 0 aliphatic heterocycles. The topological polar surface area (TPSA) is 62.2 Å². The van der Waals surface area contributed by atoms with E-state index in [4.69, 9.17) is 0 Å². The lowest BCUT2D eigenvalue weighted by Gasteiger charge is -2.11. The van der Waals surface area contributed by atoms with Crippen molar-refractivity contribution in [3.05, 3.63) is 53.3 Å². The summed E-state index contributed by atoms with van der Waals surface area (Å²) < 4.78 is 0. The molecule has 0 saturated carbocycles. The molecular formula is C14H14N2O2. The number of carbonyl (C=O) groups is 1. The molecule has 0 aliphatic carbocycles. The predicted octanol–water partition coefficient (Wildman–Crippen LogP) is 2.66. The molecule has 1 amide bonds. The fraction of sp³-hybridized carbons (Fsp3) is 0.143. The molecule has 0 bridgehead atoms. The molecule has 1 aromatic carbocycles. The second kappa shape index (κ2) is 4.87. The molecule has 0 atom stereocenters. The Hall–Kier alpha value is -2.36. The van der Waals surface area contributed by atoms with Gasteiger partial charge in [0.05, 0.1) is 0 Å². The highest BCUT2D eigenvalue weighted by Crippen LogP contribution is 2.25. The van der Waals surface area contributed by atoms with Crippen molar-refractivity contribution in [2.75, 3.05) is 5.32 Å². The Morgan fingerprint density at radius 1 is 1.22 bits per heavy atom. The molecule has 4 heteroatoms. The monoisotopic (exact) mass is 242 g/mol. The van der Waals surface area contributed by atoms with Crippen LogP contribution in [-0.4, -0.2) is 16.0 Å². The number of phenolic OH excluding ortho intramolecular Hbond substituents is 1. The largest absolute Gasteiger partial charge is 0.508 e. The van der Waals surface area contributed by atoms with Gasteiger partial charge in [0.15, 0.2) is 0 Å². The Balaban J connectivity index is 2.28. The highest BCUT2D eigenvalue weighted by molar-refractivity contribution is 6.03. The first kappa shape index (κ1) is 12.1. The summed E-state index contributed by atoms with van der Waals surface area (Å²) in [5.41, 5.74) is 2.71. The second-order valence-electron chi connectivity index (χ2n) is 4.12. The van der Waals surface area contributed by atoms with Crippen LogP contribution in [0.25, 0.3) is 0 Å². The Labute approximate surface area is 105 Å². The van der Waals surface area contributed by atoms with Gasteiger partial charge in [-0.05, 0) is 49.2 Å². The summed E-state index contributed by atoms with van der Waals surface area (Å²) in [4.78, 5) is 16.0. The van der Waals surface area contributed by atoms with Crippen molar-refractivity contribution in [2.24, 2.45) is 0 Å². The summed E-state index contributed by atoms with van der Waals surface area (Å²) in [7, 11) is 0. The molecule has 0 aliphatic rings. The third-order valence-corrected chi connectivity index (χ3v) is 2.65. The maximum atomic E-state index is 12.0. The molecule has 1 aromatic heterocycles. The van der Waals surface area contributed by atoms with Crippen molar-refractivity contribution < 1.29 is 9.90 Å². The van der Waals surface area contributed by atoms with Gasteiger partial charge in [-0.15, -0.1) is 0 Å². The van der Waals surface area contributed by atoms with Crippen LogP contribution in [0, 0.1) is 13.8 Å². The number of carbonyl (C=O) groups excluding carboxylic acids is 1. The first-order chi connectivity index (χ1) is 8.58. The number of phenols is 1. The van der Waals surface area contributed by atoms with Gasteiger partial charge in [0.1, 0.15) is 11.4 Å². The van der Waals surface area contributed by atoms with E-state index in [-0.39, 0.29) is 11.7 Å². The van der Waals surface area contributed by atoms with Gasteiger partial charge in [-0.2, -0.15) is 0 Å². The van der Waals surface area contributed by atoms with Gasteiger partial charge in [-0.3, -0.25) is 9.78 Å². The zero-order valence-electron chi connectivity index (χ0n) is 10.3. The van der Waals surface area contributed by atoms with Crippen LogP contribution in [-0.2, 0) is 0 Å². The number of rotatable bonds is 2. The Bertz CT molecular complexity index is 557. The highest BCUT2D eigenvalue weighted by Gasteiger charge is 2.11. The standard InChI is InChI=1S/C14H14N2O2/c1-9-7-11(17)8-10(2)13(9)16-14(18)12-5-3-4-6-15-12/h3-8,17H,1-2H3,(H,16,18). The summed E-state index contributed by atoms with van der Waals surface area (Å²) in [6.07, 6.45) is 1.57. The number of anilines is 1. The second-order valence-corrected chi connectivity index (χ2v) is 4.12. The molecular weight excluding hydrogens is 228 g/mol. The van der Waals surface area contributed by atoms with Gasteiger partial charge in [0, 0.05) is 11.9 Å². The average molecular weight is 242 g/mol. The van der Waals surface area contributed by atoms with Crippen LogP contribution in [0.3, 0.4) is 0 Å². The maximum absolute atomic E-state index is 12.0. The molecule has 2 rings (SSSR count). The minimum atomic E-state index is -0.257. The van der Waals surface area contributed by atoms with Crippen LogP contribution in [0.4, 0.5) is 5.69 Å². The number of hydrogen-bond acceptors (Lipinski definition) is 3. The lowest BCUT2D eigenvalue weighted by atomic mass is 10.1. The first-order valence-electron chi connectivity index (χ1n) is 5.60.